The molecule has 0 bridgehead atoms. The van der Waals surface area contributed by atoms with Gasteiger partial charge in [-0.3, -0.25) is 9.59 Å². The van der Waals surface area contributed by atoms with Gasteiger partial charge in [-0.2, -0.15) is 0 Å². The molecule has 0 saturated carbocycles. The van der Waals surface area contributed by atoms with Crippen molar-refractivity contribution in [2.45, 2.75) is 38.2 Å². The van der Waals surface area contributed by atoms with Crippen LogP contribution >= 0.6 is 0 Å². The second-order valence-electron chi connectivity index (χ2n) is 7.08. The third-order valence-corrected chi connectivity index (χ3v) is 5.07. The minimum Gasteiger partial charge on any atom is -0.387 e. The molecule has 3 rings (SSSR count). The molecule has 0 fully saturated rings. The van der Waals surface area contributed by atoms with Gasteiger partial charge in [0.1, 0.15) is 0 Å². The number of hydrogen-bond acceptors (Lipinski definition) is 3. The van der Waals surface area contributed by atoms with Crippen LogP contribution in [0, 0.1) is 0 Å². The van der Waals surface area contributed by atoms with E-state index in [1.54, 1.807) is 0 Å². The quantitative estimate of drug-likeness (QED) is 0.540. The normalized spacial score (nSPS) is 15.3. The largest absolute Gasteiger partial charge is 0.387 e. The van der Waals surface area contributed by atoms with Crippen LogP contribution < -0.4 is 10.6 Å². The van der Waals surface area contributed by atoms with Gasteiger partial charge in [-0.05, 0) is 61.3 Å². The molecule has 27 heavy (non-hydrogen) atoms. The van der Waals surface area contributed by atoms with E-state index in [-0.39, 0.29) is 6.54 Å². The van der Waals surface area contributed by atoms with Gasteiger partial charge >= 0.3 is 11.8 Å². The predicted octanol–water partition coefficient (Wildman–Crippen LogP) is 2.33. The molecule has 6 heteroatoms. The number of aliphatic hydroxyl groups excluding tert-OH is 1. The first-order chi connectivity index (χ1) is 13.0. The lowest BCUT2D eigenvalue weighted by atomic mass is 9.97. The third kappa shape index (κ3) is 4.98. The topological polar surface area (TPSA) is 83.4 Å². The smallest absolute Gasteiger partial charge is 0.309 e. The molecule has 1 heterocycles. The number of hydrogen-bond donors (Lipinski definition) is 3. The standard InChI is InChI=1S/C21H27N3O3/c1-24-12-10-16-13-17(7-8-18(16)24)19(25)14-23-21(27)20(26)22-11-9-15-5-3-2-4-6-15/h5,7-8,10,12-13,19,25H,2-4,6,9,11,14H2,1H3,(H,22,26)(H,23,27)/t19-/m0/s1. The first kappa shape index (κ1) is 19.2. The van der Waals surface area contributed by atoms with Gasteiger partial charge in [0.05, 0.1) is 6.10 Å². The van der Waals surface area contributed by atoms with E-state index < -0.39 is 17.9 Å². The molecule has 1 aromatic heterocycles. The molecule has 144 valence electrons. The molecule has 1 aromatic carbocycles. The summed E-state index contributed by atoms with van der Waals surface area (Å²) in [7, 11) is 1.96. The summed E-state index contributed by atoms with van der Waals surface area (Å²) in [5.41, 5.74) is 3.13. The fraction of sp³-hybridized carbons (Fsp3) is 0.429. The Morgan fingerprint density at radius 2 is 2.00 bits per heavy atom. The van der Waals surface area contributed by atoms with Crippen LogP contribution in [0.1, 0.15) is 43.8 Å². The Morgan fingerprint density at radius 3 is 2.78 bits per heavy atom. The lowest BCUT2D eigenvalue weighted by Crippen LogP contribution is -2.41. The Balaban J connectivity index is 1.44. The van der Waals surface area contributed by atoms with Gasteiger partial charge in [-0.1, -0.05) is 17.7 Å². The average molecular weight is 369 g/mol. The first-order valence-corrected chi connectivity index (χ1v) is 9.51. The first-order valence-electron chi connectivity index (χ1n) is 9.51. The van der Waals surface area contributed by atoms with Crippen molar-refractivity contribution in [1.29, 1.82) is 0 Å². The van der Waals surface area contributed by atoms with Gasteiger partial charge in [-0.15, -0.1) is 0 Å². The number of nitrogens with zero attached hydrogens (tertiary/aromatic N) is 1. The molecule has 3 N–H and O–H groups in total. The zero-order valence-electron chi connectivity index (χ0n) is 15.7. The maximum atomic E-state index is 11.9. The molecular weight excluding hydrogens is 342 g/mol. The zero-order valence-corrected chi connectivity index (χ0v) is 15.7. The summed E-state index contributed by atoms with van der Waals surface area (Å²) in [4.78, 5) is 23.8. The molecule has 0 radical (unpaired) electrons. The van der Waals surface area contributed by atoms with Gasteiger partial charge in [0.15, 0.2) is 0 Å². The maximum Gasteiger partial charge on any atom is 0.309 e. The number of aryl methyl sites for hydroxylation is 1. The van der Waals surface area contributed by atoms with E-state index in [0.29, 0.717) is 12.1 Å². The van der Waals surface area contributed by atoms with Crippen LogP contribution in [0.25, 0.3) is 10.9 Å². The van der Waals surface area contributed by atoms with E-state index in [4.69, 9.17) is 0 Å². The number of fused-ring (bicyclic) bond motifs is 1. The van der Waals surface area contributed by atoms with Crippen molar-refractivity contribution in [3.8, 4) is 0 Å². The summed E-state index contributed by atoms with van der Waals surface area (Å²) >= 11 is 0. The highest BCUT2D eigenvalue weighted by Crippen LogP contribution is 2.21. The number of aliphatic hydroxyl groups is 1. The van der Waals surface area contributed by atoms with E-state index >= 15 is 0 Å². The summed E-state index contributed by atoms with van der Waals surface area (Å²) in [5.74, 6) is -1.37. The van der Waals surface area contributed by atoms with E-state index in [2.05, 4.69) is 16.7 Å². The number of rotatable bonds is 6. The fourth-order valence-electron chi connectivity index (χ4n) is 3.44. The molecular formula is C21H27N3O3. The highest BCUT2D eigenvalue weighted by molar-refractivity contribution is 6.35. The van der Waals surface area contributed by atoms with E-state index in [1.807, 2.05) is 42.1 Å². The van der Waals surface area contributed by atoms with Crippen LogP contribution in [-0.4, -0.2) is 34.6 Å². The number of aromatic nitrogens is 1. The number of nitrogens with one attached hydrogen (secondary N) is 2. The SMILES string of the molecule is Cn1ccc2cc([C@@H](O)CNC(=O)C(=O)NCCC3=CCCCC3)ccc21. The van der Waals surface area contributed by atoms with Crippen molar-refractivity contribution in [3.05, 3.63) is 47.7 Å². The molecule has 0 unspecified atom stereocenters. The van der Waals surface area contributed by atoms with Crippen LogP contribution in [0.4, 0.5) is 0 Å². The minimum atomic E-state index is -0.862. The van der Waals surface area contributed by atoms with Gasteiger partial charge in [0.25, 0.3) is 0 Å². The number of amides is 2. The zero-order chi connectivity index (χ0) is 19.2. The summed E-state index contributed by atoms with van der Waals surface area (Å²) in [6.45, 7) is 0.459. The van der Waals surface area contributed by atoms with Crippen molar-refractivity contribution in [3.63, 3.8) is 0 Å². The molecule has 6 nitrogen and oxygen atoms in total. The van der Waals surface area contributed by atoms with Crippen molar-refractivity contribution in [2.24, 2.45) is 7.05 Å². The second-order valence-corrected chi connectivity index (χ2v) is 7.08. The molecule has 1 aliphatic carbocycles. The average Bonchev–Trinajstić information content (AvgIpc) is 3.06. The summed E-state index contributed by atoms with van der Waals surface area (Å²) < 4.78 is 2.00. The van der Waals surface area contributed by atoms with E-state index in [0.717, 1.165) is 30.2 Å². The lowest BCUT2D eigenvalue weighted by molar-refractivity contribution is -0.139. The second kappa shape index (κ2) is 8.86. The van der Waals surface area contributed by atoms with Crippen LogP contribution in [-0.2, 0) is 16.6 Å². The summed E-state index contributed by atoms with van der Waals surface area (Å²) in [6.07, 6.45) is 8.74. The Morgan fingerprint density at radius 1 is 1.19 bits per heavy atom. The van der Waals surface area contributed by atoms with E-state index in [1.165, 1.54) is 18.4 Å². The van der Waals surface area contributed by atoms with Crippen LogP contribution in [0.15, 0.2) is 42.1 Å². The lowest BCUT2D eigenvalue weighted by Gasteiger charge is -2.14. The van der Waals surface area contributed by atoms with Gasteiger partial charge < -0.3 is 20.3 Å². The number of allylic oxidation sites excluding steroid dienone is 1. The minimum absolute atomic E-state index is 0.00422. The molecule has 2 aromatic rings. The number of benzene rings is 1. The van der Waals surface area contributed by atoms with Gasteiger partial charge in [0.2, 0.25) is 0 Å². The Hall–Kier alpha value is -2.60. The molecule has 0 spiro atoms. The Kier molecular flexibility index (Phi) is 6.29. The molecule has 1 atom stereocenters. The van der Waals surface area contributed by atoms with E-state index in [9.17, 15) is 14.7 Å². The van der Waals surface area contributed by atoms with Crippen LogP contribution in [0.5, 0.6) is 0 Å². The highest BCUT2D eigenvalue weighted by atomic mass is 16.3. The summed E-state index contributed by atoms with van der Waals surface area (Å²) in [6, 6.07) is 7.63. The van der Waals surface area contributed by atoms with Crippen molar-refractivity contribution >= 4 is 22.7 Å². The fourth-order valence-corrected chi connectivity index (χ4v) is 3.44. The predicted molar refractivity (Wildman–Crippen MR) is 105 cm³/mol. The highest BCUT2D eigenvalue weighted by Gasteiger charge is 2.16. The molecule has 0 aliphatic heterocycles. The van der Waals surface area contributed by atoms with Crippen molar-refractivity contribution < 1.29 is 14.7 Å². The third-order valence-electron chi connectivity index (χ3n) is 5.07. The molecule has 2 amide bonds. The van der Waals surface area contributed by atoms with Crippen molar-refractivity contribution in [2.75, 3.05) is 13.1 Å². The molecule has 0 saturated heterocycles. The molecule has 1 aliphatic rings. The number of carbonyl (C=O) groups is 2. The van der Waals surface area contributed by atoms with Crippen LogP contribution in [0.3, 0.4) is 0 Å². The van der Waals surface area contributed by atoms with Crippen LogP contribution in [0.2, 0.25) is 0 Å². The monoisotopic (exact) mass is 369 g/mol. The number of carbonyl (C=O) groups excluding carboxylic acids is 2. The maximum absolute atomic E-state index is 11.9. The van der Waals surface area contributed by atoms with Gasteiger partial charge in [0, 0.05) is 31.9 Å². The van der Waals surface area contributed by atoms with Crippen molar-refractivity contribution in [1.82, 2.24) is 15.2 Å². The Bertz CT molecular complexity index is 853. The Labute approximate surface area is 159 Å². The summed E-state index contributed by atoms with van der Waals surface area (Å²) in [5, 5.41) is 16.5. The van der Waals surface area contributed by atoms with Gasteiger partial charge in [-0.25, -0.2) is 0 Å².